The summed E-state index contributed by atoms with van der Waals surface area (Å²) in [5.41, 5.74) is 5.16. The number of para-hydroxylation sites is 4. The number of fused-ring (bicyclic) bond motifs is 1. The largest absolute Gasteiger partial charge is 0.507 e. The average Bonchev–Trinajstić information content (AvgIpc) is 3.33. The minimum absolute atomic E-state index is 0.0737. The van der Waals surface area contributed by atoms with Crippen LogP contribution < -0.4 is 10.4 Å². The van der Waals surface area contributed by atoms with E-state index >= 15 is 0 Å². The highest BCUT2D eigenvalue weighted by atomic mass is 79.9. The number of aromatic hydroxyl groups is 2. The SMILES string of the molecule is CC(=O)CCCCCCC(=O)O.COc1ccccc1N=Cc1cc(Br)cc(Br)c1O.Cc1ccccc1C(=O)CC(=O)c1ccccc1C.O=c1oc2ccccc2cc1N=Cc1ccccc1O. The van der Waals surface area contributed by atoms with Gasteiger partial charge in [0, 0.05) is 57.4 Å². The van der Waals surface area contributed by atoms with Crippen molar-refractivity contribution >= 4 is 90.0 Å². The van der Waals surface area contributed by atoms with Gasteiger partial charge in [-0.2, -0.15) is 0 Å². The lowest BCUT2D eigenvalue weighted by Crippen LogP contribution is -2.10. The van der Waals surface area contributed by atoms with E-state index < -0.39 is 11.6 Å². The standard InChI is InChI=1S/C17H16O2.C16H11NO3.C14H11Br2NO2.C9H16O3/c1-12-7-3-5-9-14(12)16(18)11-17(19)15-10-6-4-8-13(15)2;18-14-7-3-1-6-12(14)10-17-13-9-11-5-2-4-8-15(11)20-16(13)19;1-19-13-5-3-2-4-12(13)17-8-9-6-10(15)7-11(16)14(9)18;1-8(10)6-4-2-3-5-7-9(11)12/h3-10H,11H2,1-2H3;1-10,18H;2-8,18H,1H3;2-7H2,1H3,(H,11,12). The summed E-state index contributed by atoms with van der Waals surface area (Å²) in [6.07, 6.45) is 7.36. The van der Waals surface area contributed by atoms with Crippen LogP contribution in [0, 0.1) is 13.8 Å². The second-order valence-electron chi connectivity index (χ2n) is 15.7. The number of carbonyl (C=O) groups excluding carboxylic acids is 3. The van der Waals surface area contributed by atoms with Gasteiger partial charge >= 0.3 is 11.6 Å². The molecule has 0 aliphatic carbocycles. The molecule has 1 heterocycles. The highest BCUT2D eigenvalue weighted by Crippen LogP contribution is 2.32. The molecule has 12 nitrogen and oxygen atoms in total. The van der Waals surface area contributed by atoms with Crippen LogP contribution in [-0.4, -0.2) is 58.2 Å². The number of benzene rings is 6. The third kappa shape index (κ3) is 18.3. The third-order valence-electron chi connectivity index (χ3n) is 10.3. The van der Waals surface area contributed by atoms with Crippen molar-refractivity contribution in [1.29, 1.82) is 0 Å². The fraction of sp³-hybridized carbons (Fsp3) is 0.196. The summed E-state index contributed by atoms with van der Waals surface area (Å²) in [6.45, 7) is 5.34. The van der Waals surface area contributed by atoms with Crippen LogP contribution in [0.15, 0.2) is 168 Å². The molecule has 70 heavy (non-hydrogen) atoms. The first-order valence-electron chi connectivity index (χ1n) is 22.2. The van der Waals surface area contributed by atoms with Gasteiger partial charge in [0.05, 0.1) is 18.0 Å². The number of unbranched alkanes of at least 4 members (excludes halogenated alkanes) is 3. The Labute approximate surface area is 423 Å². The molecule has 0 fully saturated rings. The summed E-state index contributed by atoms with van der Waals surface area (Å²) in [5, 5.41) is 28.7. The first-order valence-corrected chi connectivity index (χ1v) is 23.8. The van der Waals surface area contributed by atoms with Crippen molar-refractivity contribution in [2.45, 2.75) is 65.7 Å². The van der Waals surface area contributed by atoms with Crippen molar-refractivity contribution in [2.75, 3.05) is 7.11 Å². The van der Waals surface area contributed by atoms with Gasteiger partial charge in [0.15, 0.2) is 11.6 Å². The first-order chi connectivity index (χ1) is 33.6. The molecule has 362 valence electrons. The number of carboxylic acid groups (broad SMARTS) is 1. The molecule has 14 heteroatoms. The second kappa shape index (κ2) is 28.9. The number of ketones is 3. The van der Waals surface area contributed by atoms with Gasteiger partial charge in [-0.3, -0.25) is 19.4 Å². The highest BCUT2D eigenvalue weighted by molar-refractivity contribution is 9.11. The summed E-state index contributed by atoms with van der Waals surface area (Å²) < 4.78 is 11.9. The van der Waals surface area contributed by atoms with Gasteiger partial charge in [-0.05, 0) is 109 Å². The first kappa shape index (κ1) is 55.3. The zero-order chi connectivity index (χ0) is 51.0. The van der Waals surface area contributed by atoms with Crippen molar-refractivity contribution in [1.82, 2.24) is 0 Å². The number of phenols is 2. The zero-order valence-corrected chi connectivity index (χ0v) is 42.4. The van der Waals surface area contributed by atoms with E-state index in [9.17, 15) is 34.2 Å². The topological polar surface area (TPSA) is 193 Å². The second-order valence-corrected chi connectivity index (χ2v) is 17.5. The zero-order valence-electron chi connectivity index (χ0n) is 39.2. The molecule has 0 radical (unpaired) electrons. The third-order valence-corrected chi connectivity index (χ3v) is 11.3. The number of methoxy groups -OCH3 is 1. The molecule has 0 spiro atoms. The Morgan fingerprint density at radius 3 is 1.80 bits per heavy atom. The maximum Gasteiger partial charge on any atom is 0.362 e. The molecule has 0 unspecified atom stereocenters. The predicted molar refractivity (Wildman–Crippen MR) is 283 cm³/mol. The van der Waals surface area contributed by atoms with Gasteiger partial charge in [-0.15, -0.1) is 0 Å². The van der Waals surface area contributed by atoms with Crippen LogP contribution in [0.2, 0.25) is 0 Å². The number of Topliss-reactive ketones (excluding diaryl/α,β-unsaturated/α-hetero) is 3. The molecule has 0 saturated carbocycles. The molecule has 0 bridgehead atoms. The minimum Gasteiger partial charge on any atom is -0.507 e. The smallest absolute Gasteiger partial charge is 0.362 e. The Morgan fingerprint density at radius 2 is 1.19 bits per heavy atom. The van der Waals surface area contributed by atoms with E-state index in [2.05, 4.69) is 41.8 Å². The number of aliphatic imine (C=N–C) groups is 2. The van der Waals surface area contributed by atoms with E-state index in [1.54, 1.807) is 87.0 Å². The highest BCUT2D eigenvalue weighted by Gasteiger charge is 2.16. The lowest BCUT2D eigenvalue weighted by Gasteiger charge is -2.06. The molecule has 0 atom stereocenters. The number of nitrogens with zero attached hydrogens (tertiary/aromatic N) is 2. The number of hydrogen-bond acceptors (Lipinski definition) is 11. The molecule has 7 rings (SSSR count). The van der Waals surface area contributed by atoms with Crippen LogP contribution in [0.5, 0.6) is 17.2 Å². The van der Waals surface area contributed by atoms with Gasteiger partial charge in [0.2, 0.25) is 0 Å². The molecular formula is C56H54Br2N2O10. The van der Waals surface area contributed by atoms with Crippen molar-refractivity contribution in [2.24, 2.45) is 9.98 Å². The number of carbonyl (C=O) groups is 4. The number of hydrogen-bond donors (Lipinski definition) is 3. The van der Waals surface area contributed by atoms with Crippen LogP contribution in [0.3, 0.4) is 0 Å². The molecule has 0 aliphatic rings. The number of carboxylic acids is 1. The number of phenolic OH excluding ortho intramolecular Hbond substituents is 2. The monoisotopic (exact) mass is 1070 g/mol. The molecule has 7 aromatic rings. The Hall–Kier alpha value is -7.29. The molecular weight excluding hydrogens is 1020 g/mol. The Morgan fingerprint density at radius 1 is 0.643 bits per heavy atom. The van der Waals surface area contributed by atoms with Crippen LogP contribution in [0.1, 0.15) is 94.8 Å². The molecule has 3 N–H and O–H groups in total. The van der Waals surface area contributed by atoms with E-state index in [1.165, 1.54) is 6.21 Å². The Kier molecular flexibility index (Phi) is 22.8. The van der Waals surface area contributed by atoms with Gasteiger partial charge < -0.3 is 29.3 Å². The summed E-state index contributed by atoms with van der Waals surface area (Å²) in [4.78, 5) is 65.1. The van der Waals surface area contributed by atoms with Crippen LogP contribution in [0.4, 0.5) is 11.4 Å². The lowest BCUT2D eigenvalue weighted by molar-refractivity contribution is -0.137. The van der Waals surface area contributed by atoms with Crippen LogP contribution >= 0.6 is 31.9 Å². The maximum atomic E-state index is 12.1. The van der Waals surface area contributed by atoms with Crippen molar-refractivity contribution < 1.29 is 43.7 Å². The summed E-state index contributed by atoms with van der Waals surface area (Å²) in [7, 11) is 1.60. The van der Waals surface area contributed by atoms with Gasteiger partial charge in [0.1, 0.15) is 40.0 Å². The van der Waals surface area contributed by atoms with Gasteiger partial charge in [-0.25, -0.2) is 9.79 Å². The van der Waals surface area contributed by atoms with Crippen molar-refractivity contribution in [3.8, 4) is 17.2 Å². The maximum absolute atomic E-state index is 12.1. The average molecular weight is 1070 g/mol. The van der Waals surface area contributed by atoms with E-state index in [-0.39, 0.29) is 47.4 Å². The quantitative estimate of drug-likeness (QED) is 0.0276. The summed E-state index contributed by atoms with van der Waals surface area (Å²) in [6, 6.07) is 41.4. The number of halogens is 2. The Bertz CT molecular complexity index is 2940. The van der Waals surface area contributed by atoms with Gasteiger partial charge in [0.25, 0.3) is 0 Å². The lowest BCUT2D eigenvalue weighted by atomic mass is 9.96. The minimum atomic E-state index is -0.735. The summed E-state index contributed by atoms with van der Waals surface area (Å²) in [5.74, 6) is 0.197. The molecule has 0 saturated heterocycles. The molecule has 0 amide bonds. The molecule has 1 aromatic heterocycles. The van der Waals surface area contributed by atoms with Crippen LogP contribution in [-0.2, 0) is 9.59 Å². The van der Waals surface area contributed by atoms with E-state index in [0.717, 1.165) is 46.7 Å². The van der Waals surface area contributed by atoms with Gasteiger partial charge in [-0.1, -0.05) is 120 Å². The Balaban J connectivity index is 0.000000206. The van der Waals surface area contributed by atoms with E-state index in [1.807, 2.05) is 86.6 Å². The molecule has 6 aromatic carbocycles. The van der Waals surface area contributed by atoms with Crippen LogP contribution in [0.25, 0.3) is 11.0 Å². The normalized spacial score (nSPS) is 10.6. The number of rotatable bonds is 16. The number of ether oxygens (including phenoxy) is 1. The molecule has 0 aliphatic heterocycles. The fourth-order valence-corrected chi connectivity index (χ4v) is 7.81. The fourth-order valence-electron chi connectivity index (χ4n) is 6.55. The summed E-state index contributed by atoms with van der Waals surface area (Å²) >= 11 is 6.66. The van der Waals surface area contributed by atoms with E-state index in [0.29, 0.717) is 50.2 Å². The number of aryl methyl sites for hydroxylation is 2. The van der Waals surface area contributed by atoms with Crippen molar-refractivity contribution in [3.63, 3.8) is 0 Å². The predicted octanol–water partition coefficient (Wildman–Crippen LogP) is 13.7. The number of aliphatic carboxylic acids is 1. The van der Waals surface area contributed by atoms with E-state index in [4.69, 9.17) is 14.3 Å². The van der Waals surface area contributed by atoms with Crippen molar-refractivity contribution in [3.05, 3.63) is 192 Å².